The van der Waals surface area contributed by atoms with Crippen molar-refractivity contribution in [3.8, 4) is 5.75 Å². The Kier molecular flexibility index (Phi) is 4.26. The van der Waals surface area contributed by atoms with Gasteiger partial charge in [-0.2, -0.15) is 0 Å². The van der Waals surface area contributed by atoms with E-state index in [1.165, 1.54) is 0 Å². The summed E-state index contributed by atoms with van der Waals surface area (Å²) in [7, 11) is 1.60. The number of carbonyl (C=O) groups excluding carboxylic acids is 1. The van der Waals surface area contributed by atoms with Crippen LogP contribution in [-0.2, 0) is 17.8 Å². The molecule has 0 radical (unpaired) electrons. The normalized spacial score (nSPS) is 11.2. The summed E-state index contributed by atoms with van der Waals surface area (Å²) < 4.78 is 12.5. The van der Waals surface area contributed by atoms with E-state index in [4.69, 9.17) is 20.8 Å². The van der Waals surface area contributed by atoms with Gasteiger partial charge in [-0.15, -0.1) is 0 Å². The third kappa shape index (κ3) is 3.23. The van der Waals surface area contributed by atoms with Crippen LogP contribution in [0, 0.1) is 0 Å². The van der Waals surface area contributed by atoms with Crippen molar-refractivity contribution in [2.75, 3.05) is 7.11 Å². The van der Waals surface area contributed by atoms with Crippen LogP contribution >= 0.6 is 11.6 Å². The number of ether oxygens (including phenoxy) is 1. The van der Waals surface area contributed by atoms with Gasteiger partial charge in [0.1, 0.15) is 17.0 Å². The van der Waals surface area contributed by atoms with Crippen LogP contribution in [0.5, 0.6) is 5.75 Å². The molecule has 1 aromatic carbocycles. The molecule has 0 aliphatic rings. The Hall–Kier alpha value is -2.99. The molecule has 4 rings (SSSR count). The molecule has 0 aliphatic heterocycles. The number of methoxy groups -OCH3 is 1. The van der Waals surface area contributed by atoms with Gasteiger partial charge in [-0.25, -0.2) is 4.98 Å². The maximum atomic E-state index is 12.3. The fourth-order valence-electron chi connectivity index (χ4n) is 2.85. The fourth-order valence-corrected chi connectivity index (χ4v) is 3.02. The van der Waals surface area contributed by atoms with Crippen LogP contribution < -0.4 is 10.1 Å². The molecule has 26 heavy (non-hydrogen) atoms. The summed E-state index contributed by atoms with van der Waals surface area (Å²) in [4.78, 5) is 16.7. The molecule has 0 fully saturated rings. The number of hydrogen-bond donors (Lipinski definition) is 1. The lowest BCUT2D eigenvalue weighted by Gasteiger charge is -2.02. The highest BCUT2D eigenvalue weighted by atomic mass is 35.5. The predicted octanol–water partition coefficient (Wildman–Crippen LogP) is 3.60. The number of rotatable bonds is 5. The Morgan fingerprint density at radius 2 is 2.19 bits per heavy atom. The first kappa shape index (κ1) is 16.5. The molecule has 1 amide bonds. The molecule has 0 aliphatic carbocycles. The van der Waals surface area contributed by atoms with Crippen molar-refractivity contribution in [3.63, 3.8) is 0 Å². The van der Waals surface area contributed by atoms with Crippen molar-refractivity contribution >= 4 is 34.1 Å². The number of halogens is 1. The van der Waals surface area contributed by atoms with Gasteiger partial charge in [-0.05, 0) is 24.3 Å². The van der Waals surface area contributed by atoms with E-state index in [2.05, 4.69) is 10.3 Å². The van der Waals surface area contributed by atoms with Gasteiger partial charge in [0.2, 0.25) is 5.91 Å². The second-order valence-corrected chi connectivity index (χ2v) is 6.36. The number of imidazole rings is 1. The summed E-state index contributed by atoms with van der Waals surface area (Å²) in [5, 5.41) is 4.43. The third-order valence-corrected chi connectivity index (χ3v) is 4.37. The molecule has 132 valence electrons. The van der Waals surface area contributed by atoms with E-state index in [1.54, 1.807) is 31.7 Å². The van der Waals surface area contributed by atoms with Crippen molar-refractivity contribution in [2.45, 2.75) is 13.0 Å². The number of aromatic nitrogens is 2. The van der Waals surface area contributed by atoms with Crippen LogP contribution in [0.3, 0.4) is 0 Å². The third-order valence-electron chi connectivity index (χ3n) is 4.15. The Morgan fingerprint density at radius 3 is 3.04 bits per heavy atom. The molecule has 1 N–H and O–H groups in total. The topological polar surface area (TPSA) is 68.8 Å². The van der Waals surface area contributed by atoms with Crippen LogP contribution in [0.15, 0.2) is 53.4 Å². The molecule has 0 bridgehead atoms. The van der Waals surface area contributed by atoms with Crippen LogP contribution in [0.4, 0.5) is 0 Å². The van der Waals surface area contributed by atoms with Gasteiger partial charge >= 0.3 is 0 Å². The van der Waals surface area contributed by atoms with E-state index in [0.29, 0.717) is 17.2 Å². The molecule has 7 heteroatoms. The Bertz CT molecular complexity index is 1100. The molecule has 0 unspecified atom stereocenters. The molecule has 0 saturated carbocycles. The summed E-state index contributed by atoms with van der Waals surface area (Å²) in [6.45, 7) is 0.349. The highest BCUT2D eigenvalue weighted by molar-refractivity contribution is 6.30. The van der Waals surface area contributed by atoms with Crippen molar-refractivity contribution in [1.29, 1.82) is 0 Å². The first-order valence-corrected chi connectivity index (χ1v) is 8.44. The number of nitrogens with zero attached hydrogens (tertiary/aromatic N) is 2. The molecule has 3 heterocycles. The number of furan rings is 1. The predicted molar refractivity (Wildman–Crippen MR) is 98.5 cm³/mol. The van der Waals surface area contributed by atoms with Crippen LogP contribution in [0.2, 0.25) is 5.02 Å². The number of carbonyl (C=O) groups is 1. The van der Waals surface area contributed by atoms with Crippen molar-refractivity contribution in [3.05, 3.63) is 65.3 Å². The molecule has 4 aromatic rings. The van der Waals surface area contributed by atoms with E-state index in [-0.39, 0.29) is 12.3 Å². The van der Waals surface area contributed by atoms with Gasteiger partial charge < -0.3 is 18.9 Å². The number of pyridine rings is 1. The average Bonchev–Trinajstić information content (AvgIpc) is 3.22. The summed E-state index contributed by atoms with van der Waals surface area (Å²) in [5.74, 6) is 0.619. The zero-order valence-electron chi connectivity index (χ0n) is 14.0. The first-order chi connectivity index (χ1) is 12.6. The van der Waals surface area contributed by atoms with Crippen molar-refractivity contribution < 1.29 is 13.9 Å². The quantitative estimate of drug-likeness (QED) is 0.583. The van der Waals surface area contributed by atoms with Crippen molar-refractivity contribution in [2.24, 2.45) is 0 Å². The number of hydrogen-bond acceptors (Lipinski definition) is 4. The number of fused-ring (bicyclic) bond motifs is 2. The largest absolute Gasteiger partial charge is 0.497 e. The van der Waals surface area contributed by atoms with Crippen molar-refractivity contribution in [1.82, 2.24) is 14.7 Å². The fraction of sp³-hybridized carbons (Fsp3) is 0.158. The minimum Gasteiger partial charge on any atom is -0.497 e. The smallest absolute Gasteiger partial charge is 0.224 e. The second kappa shape index (κ2) is 6.72. The van der Waals surface area contributed by atoms with Gasteiger partial charge in [0.25, 0.3) is 0 Å². The van der Waals surface area contributed by atoms with E-state index >= 15 is 0 Å². The second-order valence-electron chi connectivity index (χ2n) is 5.92. The number of benzene rings is 1. The van der Waals surface area contributed by atoms with Gasteiger partial charge in [0.15, 0.2) is 0 Å². The zero-order valence-corrected chi connectivity index (χ0v) is 14.8. The molecule has 0 spiro atoms. The minimum atomic E-state index is -0.0985. The lowest BCUT2D eigenvalue weighted by molar-refractivity contribution is -0.120. The van der Waals surface area contributed by atoms with Crippen LogP contribution in [0.1, 0.15) is 11.3 Å². The van der Waals surface area contributed by atoms with Crippen LogP contribution in [-0.4, -0.2) is 22.4 Å². The average molecular weight is 370 g/mol. The van der Waals surface area contributed by atoms with E-state index in [0.717, 1.165) is 28.0 Å². The summed E-state index contributed by atoms with van der Waals surface area (Å²) in [6.07, 6.45) is 5.47. The highest BCUT2D eigenvalue weighted by Crippen LogP contribution is 2.25. The van der Waals surface area contributed by atoms with Crippen LogP contribution in [0.25, 0.3) is 16.6 Å². The highest BCUT2D eigenvalue weighted by Gasteiger charge is 2.12. The van der Waals surface area contributed by atoms with Gasteiger partial charge in [0, 0.05) is 29.4 Å². The Labute approximate surface area is 154 Å². The molecular weight excluding hydrogens is 354 g/mol. The molecule has 3 aromatic heterocycles. The first-order valence-electron chi connectivity index (χ1n) is 8.06. The summed E-state index contributed by atoms with van der Waals surface area (Å²) in [6, 6.07) is 9.16. The minimum absolute atomic E-state index is 0.0985. The molecular formula is C19H16ClN3O3. The SMILES string of the molecule is COc1ccc2c(CC(=O)NCc3cn4cc(Cl)ccc4n3)coc2c1. The van der Waals surface area contributed by atoms with Gasteiger partial charge in [0.05, 0.1) is 37.1 Å². The Balaban J connectivity index is 1.43. The van der Waals surface area contributed by atoms with Gasteiger partial charge in [-0.3, -0.25) is 4.79 Å². The van der Waals surface area contributed by atoms with E-state index in [1.807, 2.05) is 28.8 Å². The maximum absolute atomic E-state index is 12.3. The number of nitrogens with one attached hydrogen (secondary N) is 1. The monoisotopic (exact) mass is 369 g/mol. The summed E-state index contributed by atoms with van der Waals surface area (Å²) >= 11 is 5.97. The standard InChI is InChI=1S/C19H16ClN3O3/c1-25-15-3-4-16-12(11-26-17(16)7-15)6-19(24)21-8-14-10-23-9-13(20)2-5-18(23)22-14/h2-5,7,9-11H,6,8H2,1H3,(H,21,24). The van der Waals surface area contributed by atoms with E-state index < -0.39 is 0 Å². The zero-order chi connectivity index (χ0) is 18.1. The molecule has 0 atom stereocenters. The van der Waals surface area contributed by atoms with Gasteiger partial charge in [-0.1, -0.05) is 11.6 Å². The lowest BCUT2D eigenvalue weighted by atomic mass is 10.1. The lowest BCUT2D eigenvalue weighted by Crippen LogP contribution is -2.24. The molecule has 0 saturated heterocycles. The summed E-state index contributed by atoms with van der Waals surface area (Å²) in [5.41, 5.74) is 3.09. The molecule has 6 nitrogen and oxygen atoms in total. The maximum Gasteiger partial charge on any atom is 0.224 e. The number of amides is 1. The van der Waals surface area contributed by atoms with E-state index in [9.17, 15) is 4.79 Å². The Morgan fingerprint density at radius 1 is 1.31 bits per heavy atom.